The van der Waals surface area contributed by atoms with Gasteiger partial charge in [0.25, 0.3) is 0 Å². The number of hydrogen-bond donors (Lipinski definition) is 0. The summed E-state index contributed by atoms with van der Waals surface area (Å²) in [5.74, 6) is 1.50. The number of pyridine rings is 1. The molecule has 17 heavy (non-hydrogen) atoms. The molecule has 0 radical (unpaired) electrons. The number of halogens is 1. The van der Waals surface area contributed by atoms with Gasteiger partial charge in [-0.1, -0.05) is 13.0 Å². The monoisotopic (exact) mass is 254 g/mol. The third-order valence-corrected chi connectivity index (χ3v) is 3.30. The second kappa shape index (κ2) is 8.48. The van der Waals surface area contributed by atoms with Crippen LogP contribution in [0.25, 0.3) is 0 Å². The van der Waals surface area contributed by atoms with Crippen molar-refractivity contribution < 1.29 is 0 Å². The quantitative estimate of drug-likeness (QED) is 0.663. The molecular weight excluding hydrogens is 232 g/mol. The standard InChI is InChI=1S/C14H23ClN2/c1-13(6-9-15)7-11-17(2)12-8-14-5-3-4-10-16-14/h3-5,10,13H,6-9,11-12H2,1-2H3. The third kappa shape index (κ3) is 6.64. The van der Waals surface area contributed by atoms with E-state index in [4.69, 9.17) is 11.6 Å². The molecule has 0 fully saturated rings. The summed E-state index contributed by atoms with van der Waals surface area (Å²) in [7, 11) is 2.18. The summed E-state index contributed by atoms with van der Waals surface area (Å²) in [6.45, 7) is 4.49. The van der Waals surface area contributed by atoms with Gasteiger partial charge < -0.3 is 4.90 Å². The van der Waals surface area contributed by atoms with Crippen LogP contribution in [0.3, 0.4) is 0 Å². The van der Waals surface area contributed by atoms with Crippen LogP contribution in [0.4, 0.5) is 0 Å². The molecular formula is C14H23ClN2. The first kappa shape index (κ1) is 14.5. The molecule has 0 aliphatic rings. The van der Waals surface area contributed by atoms with Crippen molar-refractivity contribution in [3.63, 3.8) is 0 Å². The van der Waals surface area contributed by atoms with E-state index in [0.717, 1.165) is 37.7 Å². The van der Waals surface area contributed by atoms with Crippen molar-refractivity contribution in [2.45, 2.75) is 26.2 Å². The zero-order valence-corrected chi connectivity index (χ0v) is 11.7. The van der Waals surface area contributed by atoms with Crippen LogP contribution >= 0.6 is 11.6 Å². The van der Waals surface area contributed by atoms with Crippen LogP contribution in [0.15, 0.2) is 24.4 Å². The van der Waals surface area contributed by atoms with E-state index in [1.54, 1.807) is 0 Å². The molecule has 0 N–H and O–H groups in total. The molecule has 96 valence electrons. The van der Waals surface area contributed by atoms with E-state index in [0.29, 0.717) is 0 Å². The van der Waals surface area contributed by atoms with Crippen LogP contribution < -0.4 is 0 Å². The van der Waals surface area contributed by atoms with E-state index in [1.165, 1.54) is 12.1 Å². The van der Waals surface area contributed by atoms with Crippen molar-refractivity contribution in [1.29, 1.82) is 0 Å². The van der Waals surface area contributed by atoms with E-state index in [9.17, 15) is 0 Å². The molecule has 0 aromatic carbocycles. The Morgan fingerprint density at radius 2 is 2.12 bits per heavy atom. The Labute approximate surface area is 110 Å². The Kier molecular flexibility index (Phi) is 7.22. The third-order valence-electron chi connectivity index (χ3n) is 3.08. The van der Waals surface area contributed by atoms with Crippen molar-refractivity contribution >= 4 is 11.6 Å². The summed E-state index contributed by atoms with van der Waals surface area (Å²) >= 11 is 5.73. The van der Waals surface area contributed by atoms with Gasteiger partial charge in [-0.05, 0) is 44.5 Å². The molecule has 1 unspecified atom stereocenters. The van der Waals surface area contributed by atoms with Gasteiger partial charge in [-0.25, -0.2) is 0 Å². The van der Waals surface area contributed by atoms with Gasteiger partial charge in [0.1, 0.15) is 0 Å². The summed E-state index contributed by atoms with van der Waals surface area (Å²) in [4.78, 5) is 6.71. The molecule has 1 aromatic heterocycles. The number of nitrogens with zero attached hydrogens (tertiary/aromatic N) is 2. The number of likely N-dealkylation sites (N-methyl/N-ethyl adjacent to an activating group) is 1. The molecule has 1 rings (SSSR count). The van der Waals surface area contributed by atoms with Gasteiger partial charge in [-0.2, -0.15) is 0 Å². The molecule has 0 spiro atoms. The molecule has 0 saturated carbocycles. The van der Waals surface area contributed by atoms with Crippen LogP contribution in [0.5, 0.6) is 0 Å². The number of hydrogen-bond acceptors (Lipinski definition) is 2. The second-order valence-corrected chi connectivity index (χ2v) is 5.12. The highest BCUT2D eigenvalue weighted by molar-refractivity contribution is 6.17. The van der Waals surface area contributed by atoms with Crippen LogP contribution in [-0.2, 0) is 6.42 Å². The van der Waals surface area contributed by atoms with Gasteiger partial charge in [0, 0.05) is 30.7 Å². The Balaban J connectivity index is 2.15. The van der Waals surface area contributed by atoms with Crippen LogP contribution in [0.2, 0.25) is 0 Å². The molecule has 1 heterocycles. The Hall–Kier alpha value is -0.600. The maximum Gasteiger partial charge on any atom is 0.0416 e. The van der Waals surface area contributed by atoms with E-state index in [1.807, 2.05) is 18.3 Å². The maximum absolute atomic E-state index is 5.73. The van der Waals surface area contributed by atoms with Gasteiger partial charge in [-0.3, -0.25) is 4.98 Å². The smallest absolute Gasteiger partial charge is 0.0416 e. The van der Waals surface area contributed by atoms with Crippen LogP contribution in [-0.4, -0.2) is 35.9 Å². The lowest BCUT2D eigenvalue weighted by atomic mass is 10.1. The summed E-state index contributed by atoms with van der Waals surface area (Å²) in [5.41, 5.74) is 1.17. The van der Waals surface area contributed by atoms with Crippen LogP contribution in [0.1, 0.15) is 25.5 Å². The summed E-state index contributed by atoms with van der Waals surface area (Å²) in [6.07, 6.45) is 5.24. The fraction of sp³-hybridized carbons (Fsp3) is 0.643. The zero-order chi connectivity index (χ0) is 12.5. The Morgan fingerprint density at radius 1 is 1.29 bits per heavy atom. The normalized spacial score (nSPS) is 12.9. The predicted octanol–water partition coefficient (Wildman–Crippen LogP) is 3.21. The highest BCUT2D eigenvalue weighted by atomic mass is 35.5. The summed E-state index contributed by atoms with van der Waals surface area (Å²) in [5, 5.41) is 0. The average Bonchev–Trinajstić information content (AvgIpc) is 2.35. The van der Waals surface area contributed by atoms with E-state index in [-0.39, 0.29) is 0 Å². The largest absolute Gasteiger partial charge is 0.306 e. The fourth-order valence-corrected chi connectivity index (χ4v) is 2.11. The van der Waals surface area contributed by atoms with Gasteiger partial charge in [-0.15, -0.1) is 11.6 Å². The first-order chi connectivity index (χ1) is 8.22. The van der Waals surface area contributed by atoms with Crippen LogP contribution in [0, 0.1) is 5.92 Å². The minimum atomic E-state index is 0.727. The van der Waals surface area contributed by atoms with Gasteiger partial charge in [0.2, 0.25) is 0 Å². The lowest BCUT2D eigenvalue weighted by Gasteiger charge is -2.18. The number of alkyl halides is 1. The summed E-state index contributed by atoms with van der Waals surface area (Å²) < 4.78 is 0. The molecule has 1 atom stereocenters. The highest BCUT2D eigenvalue weighted by Gasteiger charge is 2.04. The minimum absolute atomic E-state index is 0.727. The Morgan fingerprint density at radius 3 is 2.76 bits per heavy atom. The SMILES string of the molecule is CC(CCCl)CCN(C)CCc1ccccn1. The van der Waals surface area contributed by atoms with Crippen molar-refractivity contribution in [3.8, 4) is 0 Å². The highest BCUT2D eigenvalue weighted by Crippen LogP contribution is 2.09. The van der Waals surface area contributed by atoms with Gasteiger partial charge in [0.15, 0.2) is 0 Å². The minimum Gasteiger partial charge on any atom is -0.306 e. The molecule has 1 aromatic rings. The second-order valence-electron chi connectivity index (χ2n) is 4.75. The number of rotatable bonds is 8. The van der Waals surface area contributed by atoms with Gasteiger partial charge in [0.05, 0.1) is 0 Å². The van der Waals surface area contributed by atoms with Crippen molar-refractivity contribution in [2.75, 3.05) is 26.0 Å². The number of aromatic nitrogens is 1. The molecule has 0 amide bonds. The molecule has 3 heteroatoms. The van der Waals surface area contributed by atoms with Crippen molar-refractivity contribution in [2.24, 2.45) is 5.92 Å². The first-order valence-electron chi connectivity index (χ1n) is 6.36. The average molecular weight is 255 g/mol. The van der Waals surface area contributed by atoms with E-state index in [2.05, 4.69) is 29.9 Å². The topological polar surface area (TPSA) is 16.1 Å². The van der Waals surface area contributed by atoms with E-state index < -0.39 is 0 Å². The summed E-state index contributed by atoms with van der Waals surface area (Å²) in [6, 6.07) is 6.09. The zero-order valence-electron chi connectivity index (χ0n) is 10.9. The van der Waals surface area contributed by atoms with Crippen molar-refractivity contribution in [3.05, 3.63) is 30.1 Å². The molecule has 2 nitrogen and oxygen atoms in total. The predicted molar refractivity (Wildman–Crippen MR) is 74.6 cm³/mol. The molecule has 0 aliphatic heterocycles. The van der Waals surface area contributed by atoms with E-state index >= 15 is 0 Å². The molecule has 0 bridgehead atoms. The molecule has 0 saturated heterocycles. The van der Waals surface area contributed by atoms with Gasteiger partial charge >= 0.3 is 0 Å². The lowest BCUT2D eigenvalue weighted by molar-refractivity contribution is 0.306. The maximum atomic E-state index is 5.73. The van der Waals surface area contributed by atoms with Crippen molar-refractivity contribution in [1.82, 2.24) is 9.88 Å². The Bertz CT molecular complexity index is 290. The fourth-order valence-electron chi connectivity index (χ4n) is 1.73. The first-order valence-corrected chi connectivity index (χ1v) is 6.90. The molecule has 0 aliphatic carbocycles. The lowest BCUT2D eigenvalue weighted by Crippen LogP contribution is -2.24.